The molecule has 1 amide bonds. The Balaban J connectivity index is 2.02. The molecule has 1 atom stereocenters. The summed E-state index contributed by atoms with van der Waals surface area (Å²) < 4.78 is 0. The Kier molecular flexibility index (Phi) is 3.33. The zero-order chi connectivity index (χ0) is 13.3. The summed E-state index contributed by atoms with van der Waals surface area (Å²) in [5.41, 5.74) is 1.69. The molecular weight excluding hydrogens is 226 g/mol. The van der Waals surface area contributed by atoms with Crippen molar-refractivity contribution in [1.29, 1.82) is 0 Å². The predicted molar refractivity (Wildman–Crippen MR) is 71.7 cm³/mol. The molecule has 0 aromatic heterocycles. The summed E-state index contributed by atoms with van der Waals surface area (Å²) in [5.74, 6) is 0.189. The molecule has 0 bridgehead atoms. The molecule has 1 aliphatic carbocycles. The van der Waals surface area contributed by atoms with Gasteiger partial charge in [-0.3, -0.25) is 4.79 Å². The van der Waals surface area contributed by atoms with Gasteiger partial charge in [-0.1, -0.05) is 13.8 Å². The SMILES string of the molecule is Cc1cc(C(=O)NC2CCC(C)(C)C2)ccc1O. The van der Waals surface area contributed by atoms with E-state index < -0.39 is 0 Å². The van der Waals surface area contributed by atoms with Crippen LogP contribution in [-0.2, 0) is 0 Å². The molecule has 1 fully saturated rings. The van der Waals surface area contributed by atoms with Crippen molar-refractivity contribution in [2.45, 2.75) is 46.1 Å². The number of amides is 1. The minimum Gasteiger partial charge on any atom is -0.508 e. The van der Waals surface area contributed by atoms with E-state index >= 15 is 0 Å². The highest BCUT2D eigenvalue weighted by atomic mass is 16.3. The predicted octanol–water partition coefficient (Wildman–Crippen LogP) is 3.01. The Hall–Kier alpha value is -1.51. The van der Waals surface area contributed by atoms with Crippen molar-refractivity contribution in [2.24, 2.45) is 5.41 Å². The van der Waals surface area contributed by atoms with Crippen LogP contribution < -0.4 is 5.32 Å². The van der Waals surface area contributed by atoms with Crippen molar-refractivity contribution in [2.75, 3.05) is 0 Å². The van der Waals surface area contributed by atoms with E-state index in [1.807, 2.05) is 0 Å². The first-order chi connectivity index (χ1) is 8.37. The van der Waals surface area contributed by atoms with Gasteiger partial charge in [0.1, 0.15) is 5.75 Å². The van der Waals surface area contributed by atoms with Gasteiger partial charge in [0, 0.05) is 11.6 Å². The Labute approximate surface area is 108 Å². The van der Waals surface area contributed by atoms with Crippen molar-refractivity contribution in [1.82, 2.24) is 5.32 Å². The number of phenolic OH excluding ortho intramolecular Hbond substituents is 1. The molecule has 18 heavy (non-hydrogen) atoms. The number of aryl methyl sites for hydroxylation is 1. The Morgan fingerprint density at radius 2 is 2.17 bits per heavy atom. The molecule has 1 unspecified atom stereocenters. The number of hydrogen-bond acceptors (Lipinski definition) is 2. The summed E-state index contributed by atoms with van der Waals surface area (Å²) in [4.78, 5) is 12.1. The molecule has 1 saturated carbocycles. The zero-order valence-corrected chi connectivity index (χ0v) is 11.3. The van der Waals surface area contributed by atoms with Crippen LogP contribution in [0.15, 0.2) is 18.2 Å². The van der Waals surface area contributed by atoms with Gasteiger partial charge in [-0.25, -0.2) is 0 Å². The van der Waals surface area contributed by atoms with Crippen LogP contribution in [0.25, 0.3) is 0 Å². The highest BCUT2D eigenvalue weighted by Gasteiger charge is 2.31. The monoisotopic (exact) mass is 247 g/mol. The quantitative estimate of drug-likeness (QED) is 0.844. The first-order valence-corrected chi connectivity index (χ1v) is 6.48. The molecule has 0 spiro atoms. The molecular formula is C15H21NO2. The first-order valence-electron chi connectivity index (χ1n) is 6.48. The molecule has 0 aliphatic heterocycles. The zero-order valence-electron chi connectivity index (χ0n) is 11.3. The topological polar surface area (TPSA) is 49.3 Å². The average molecular weight is 247 g/mol. The number of rotatable bonds is 2. The molecule has 1 aromatic carbocycles. The lowest BCUT2D eigenvalue weighted by Gasteiger charge is -2.18. The largest absolute Gasteiger partial charge is 0.508 e. The third kappa shape index (κ3) is 2.84. The molecule has 0 heterocycles. The van der Waals surface area contributed by atoms with Crippen LogP contribution in [0.1, 0.15) is 49.0 Å². The maximum Gasteiger partial charge on any atom is 0.251 e. The van der Waals surface area contributed by atoms with Gasteiger partial charge in [-0.05, 0) is 55.4 Å². The molecule has 98 valence electrons. The fourth-order valence-corrected chi connectivity index (χ4v) is 2.62. The number of hydrogen-bond donors (Lipinski definition) is 2. The van der Waals surface area contributed by atoms with E-state index in [1.54, 1.807) is 25.1 Å². The van der Waals surface area contributed by atoms with Gasteiger partial charge in [0.15, 0.2) is 0 Å². The van der Waals surface area contributed by atoms with Gasteiger partial charge in [-0.2, -0.15) is 0 Å². The molecule has 2 N–H and O–H groups in total. The van der Waals surface area contributed by atoms with E-state index in [4.69, 9.17) is 0 Å². The van der Waals surface area contributed by atoms with E-state index in [0.717, 1.165) is 24.8 Å². The molecule has 0 saturated heterocycles. The van der Waals surface area contributed by atoms with Crippen molar-refractivity contribution in [3.05, 3.63) is 29.3 Å². The van der Waals surface area contributed by atoms with Gasteiger partial charge in [0.25, 0.3) is 5.91 Å². The summed E-state index contributed by atoms with van der Waals surface area (Å²) in [7, 11) is 0. The van der Waals surface area contributed by atoms with E-state index in [0.29, 0.717) is 11.0 Å². The van der Waals surface area contributed by atoms with Gasteiger partial charge in [0.2, 0.25) is 0 Å². The number of benzene rings is 1. The van der Waals surface area contributed by atoms with Crippen LogP contribution in [-0.4, -0.2) is 17.1 Å². The van der Waals surface area contributed by atoms with Crippen LogP contribution in [0.2, 0.25) is 0 Å². The molecule has 3 nitrogen and oxygen atoms in total. The number of carbonyl (C=O) groups is 1. The van der Waals surface area contributed by atoms with E-state index in [-0.39, 0.29) is 17.7 Å². The summed E-state index contributed by atoms with van der Waals surface area (Å²) in [6.07, 6.45) is 3.25. The normalized spacial score (nSPS) is 21.8. The van der Waals surface area contributed by atoms with Gasteiger partial charge in [0.05, 0.1) is 0 Å². The summed E-state index contributed by atoms with van der Waals surface area (Å²) in [6, 6.07) is 5.24. The van der Waals surface area contributed by atoms with Crippen LogP contribution >= 0.6 is 0 Å². The summed E-state index contributed by atoms with van der Waals surface area (Å²) in [5, 5.41) is 12.5. The number of carbonyl (C=O) groups excluding carboxylic acids is 1. The van der Waals surface area contributed by atoms with Crippen LogP contribution in [0.4, 0.5) is 0 Å². The van der Waals surface area contributed by atoms with Crippen molar-refractivity contribution >= 4 is 5.91 Å². The molecule has 2 rings (SSSR count). The molecule has 1 aromatic rings. The standard InChI is InChI=1S/C15H21NO2/c1-10-8-11(4-5-13(10)17)14(18)16-12-6-7-15(2,3)9-12/h4-5,8,12,17H,6-7,9H2,1-3H3,(H,16,18). The second kappa shape index (κ2) is 4.63. The highest BCUT2D eigenvalue weighted by molar-refractivity contribution is 5.94. The maximum absolute atomic E-state index is 12.1. The number of phenols is 1. The molecule has 3 heteroatoms. The van der Waals surface area contributed by atoms with Gasteiger partial charge in [-0.15, -0.1) is 0 Å². The summed E-state index contributed by atoms with van der Waals surface area (Å²) in [6.45, 7) is 6.28. The van der Waals surface area contributed by atoms with Crippen molar-refractivity contribution in [3.8, 4) is 5.75 Å². The molecule has 0 radical (unpaired) electrons. The van der Waals surface area contributed by atoms with Crippen molar-refractivity contribution < 1.29 is 9.90 Å². The van der Waals surface area contributed by atoms with E-state index in [9.17, 15) is 9.90 Å². The van der Waals surface area contributed by atoms with Crippen LogP contribution in [0.5, 0.6) is 5.75 Å². The minimum absolute atomic E-state index is 0.0409. The Morgan fingerprint density at radius 1 is 1.44 bits per heavy atom. The van der Waals surface area contributed by atoms with Crippen LogP contribution in [0.3, 0.4) is 0 Å². The lowest BCUT2D eigenvalue weighted by atomic mass is 9.92. The molecule has 1 aliphatic rings. The number of nitrogens with one attached hydrogen (secondary N) is 1. The second-order valence-corrected chi connectivity index (χ2v) is 6.08. The average Bonchev–Trinajstić information content (AvgIpc) is 2.62. The van der Waals surface area contributed by atoms with E-state index in [1.165, 1.54) is 0 Å². The maximum atomic E-state index is 12.1. The summed E-state index contributed by atoms with van der Waals surface area (Å²) >= 11 is 0. The third-order valence-electron chi connectivity index (χ3n) is 3.76. The lowest BCUT2D eigenvalue weighted by Crippen LogP contribution is -2.33. The highest BCUT2D eigenvalue weighted by Crippen LogP contribution is 2.37. The van der Waals surface area contributed by atoms with E-state index in [2.05, 4.69) is 19.2 Å². The minimum atomic E-state index is -0.0409. The fraction of sp³-hybridized carbons (Fsp3) is 0.533. The Morgan fingerprint density at radius 3 is 2.72 bits per heavy atom. The van der Waals surface area contributed by atoms with Crippen LogP contribution in [0, 0.1) is 12.3 Å². The van der Waals surface area contributed by atoms with Crippen molar-refractivity contribution in [3.63, 3.8) is 0 Å². The fourth-order valence-electron chi connectivity index (χ4n) is 2.62. The smallest absolute Gasteiger partial charge is 0.251 e. The van der Waals surface area contributed by atoms with Gasteiger partial charge >= 0.3 is 0 Å². The lowest BCUT2D eigenvalue weighted by molar-refractivity contribution is 0.0936. The Bertz CT molecular complexity index is 466. The number of aromatic hydroxyl groups is 1. The first kappa shape index (κ1) is 12.9. The van der Waals surface area contributed by atoms with Gasteiger partial charge < -0.3 is 10.4 Å². The third-order valence-corrected chi connectivity index (χ3v) is 3.76. The second-order valence-electron chi connectivity index (χ2n) is 6.08.